The molecular formula is C12H23N. The number of allylic oxidation sites excluding steroid dienone is 1. The Kier molecular flexibility index (Phi) is 6.89. The lowest BCUT2D eigenvalue weighted by atomic mass is 10.1. The first-order valence-corrected chi connectivity index (χ1v) is 5.86. The predicted molar refractivity (Wildman–Crippen MR) is 58.9 cm³/mol. The van der Waals surface area contributed by atoms with Gasteiger partial charge in [-0.25, -0.2) is 0 Å². The molecule has 1 aliphatic heterocycles. The summed E-state index contributed by atoms with van der Waals surface area (Å²) in [4.78, 5) is 0. The Morgan fingerprint density at radius 1 is 0.615 bits per heavy atom. The summed E-state index contributed by atoms with van der Waals surface area (Å²) in [6, 6.07) is 0. The number of hydrogen-bond acceptors (Lipinski definition) is 1. The molecule has 0 radical (unpaired) electrons. The van der Waals surface area contributed by atoms with Crippen LogP contribution in [0, 0.1) is 0 Å². The summed E-state index contributed by atoms with van der Waals surface area (Å²) in [6.07, 6.45) is 15.6. The number of rotatable bonds is 0. The van der Waals surface area contributed by atoms with Crippen molar-refractivity contribution < 1.29 is 0 Å². The molecule has 0 aromatic heterocycles. The lowest BCUT2D eigenvalue weighted by Gasteiger charge is -2.02. The third-order valence-electron chi connectivity index (χ3n) is 2.63. The highest BCUT2D eigenvalue weighted by Crippen LogP contribution is 2.07. The molecule has 0 aromatic carbocycles. The second-order valence-corrected chi connectivity index (χ2v) is 3.92. The van der Waals surface area contributed by atoms with Crippen LogP contribution < -0.4 is 5.32 Å². The van der Waals surface area contributed by atoms with Crippen LogP contribution in [-0.2, 0) is 0 Å². The van der Waals surface area contributed by atoms with Crippen LogP contribution in [0.15, 0.2) is 12.2 Å². The Hall–Kier alpha value is -0.300. The van der Waals surface area contributed by atoms with Gasteiger partial charge in [0.05, 0.1) is 0 Å². The van der Waals surface area contributed by atoms with Crippen molar-refractivity contribution in [3.63, 3.8) is 0 Å². The van der Waals surface area contributed by atoms with Crippen LogP contribution in [0.1, 0.15) is 51.4 Å². The lowest BCUT2D eigenvalue weighted by molar-refractivity contribution is 0.572. The second kappa shape index (κ2) is 8.31. The quantitative estimate of drug-likeness (QED) is 0.566. The first kappa shape index (κ1) is 10.8. The van der Waals surface area contributed by atoms with Crippen molar-refractivity contribution in [1.29, 1.82) is 0 Å². The SMILES string of the molecule is C1=CCCNCCCCCCCC1. The minimum absolute atomic E-state index is 1.16. The van der Waals surface area contributed by atoms with Crippen molar-refractivity contribution in [2.75, 3.05) is 13.1 Å². The smallest absolute Gasteiger partial charge is 0.00143 e. The van der Waals surface area contributed by atoms with Crippen molar-refractivity contribution in [2.45, 2.75) is 51.4 Å². The largest absolute Gasteiger partial charge is 0.316 e. The van der Waals surface area contributed by atoms with Gasteiger partial charge in [0.1, 0.15) is 0 Å². The second-order valence-electron chi connectivity index (χ2n) is 3.92. The summed E-state index contributed by atoms with van der Waals surface area (Å²) in [7, 11) is 0. The zero-order valence-electron chi connectivity index (χ0n) is 8.73. The lowest BCUT2D eigenvalue weighted by Crippen LogP contribution is -2.15. The normalized spacial score (nSPS) is 22.8. The van der Waals surface area contributed by atoms with E-state index in [0.29, 0.717) is 0 Å². The zero-order chi connectivity index (χ0) is 9.19. The molecule has 0 saturated carbocycles. The molecule has 76 valence electrons. The van der Waals surface area contributed by atoms with E-state index in [1.807, 2.05) is 0 Å². The first-order chi connectivity index (χ1) is 6.50. The third-order valence-corrected chi connectivity index (χ3v) is 2.63. The van der Waals surface area contributed by atoms with Gasteiger partial charge in [-0.15, -0.1) is 0 Å². The van der Waals surface area contributed by atoms with Gasteiger partial charge >= 0.3 is 0 Å². The molecule has 1 rings (SSSR count). The standard InChI is InChI=1S/C12H23N/c1-2-4-6-8-10-12-13-11-9-7-5-3-1/h5,7,13H,1-4,6,8-12H2. The van der Waals surface area contributed by atoms with Gasteiger partial charge in [0.15, 0.2) is 0 Å². The van der Waals surface area contributed by atoms with Crippen molar-refractivity contribution in [3.05, 3.63) is 12.2 Å². The molecule has 1 N–H and O–H groups in total. The summed E-state index contributed by atoms with van der Waals surface area (Å²) < 4.78 is 0. The van der Waals surface area contributed by atoms with Crippen LogP contribution in [0.25, 0.3) is 0 Å². The van der Waals surface area contributed by atoms with Gasteiger partial charge in [0.25, 0.3) is 0 Å². The average Bonchev–Trinajstić information content (AvgIpc) is 2.18. The first-order valence-electron chi connectivity index (χ1n) is 5.86. The van der Waals surface area contributed by atoms with Crippen LogP contribution in [0.5, 0.6) is 0 Å². The molecule has 0 fully saturated rings. The fraction of sp³-hybridized carbons (Fsp3) is 0.833. The highest BCUT2D eigenvalue weighted by atomic mass is 14.8. The van der Waals surface area contributed by atoms with Gasteiger partial charge in [0, 0.05) is 0 Å². The molecule has 0 spiro atoms. The van der Waals surface area contributed by atoms with Crippen molar-refractivity contribution in [1.82, 2.24) is 5.32 Å². The maximum Gasteiger partial charge on any atom is -0.00143 e. The molecule has 1 nitrogen and oxygen atoms in total. The fourth-order valence-electron chi connectivity index (χ4n) is 1.77. The van der Waals surface area contributed by atoms with Crippen LogP contribution in [0.4, 0.5) is 0 Å². The topological polar surface area (TPSA) is 12.0 Å². The van der Waals surface area contributed by atoms with Gasteiger partial charge < -0.3 is 5.32 Å². The molecule has 1 aliphatic rings. The van der Waals surface area contributed by atoms with Crippen LogP contribution >= 0.6 is 0 Å². The van der Waals surface area contributed by atoms with Crippen molar-refractivity contribution in [3.8, 4) is 0 Å². The molecule has 0 unspecified atom stereocenters. The zero-order valence-corrected chi connectivity index (χ0v) is 8.73. The highest BCUT2D eigenvalue weighted by molar-refractivity contribution is 4.82. The van der Waals surface area contributed by atoms with E-state index in [1.165, 1.54) is 57.9 Å². The Morgan fingerprint density at radius 2 is 1.31 bits per heavy atom. The van der Waals surface area contributed by atoms with E-state index in [1.54, 1.807) is 0 Å². The monoisotopic (exact) mass is 181 g/mol. The third kappa shape index (κ3) is 6.83. The van der Waals surface area contributed by atoms with Gasteiger partial charge in [-0.05, 0) is 38.8 Å². The Labute approximate surface area is 82.6 Å². The van der Waals surface area contributed by atoms with E-state index < -0.39 is 0 Å². The molecule has 0 aliphatic carbocycles. The predicted octanol–water partition coefficient (Wildman–Crippen LogP) is 3.27. The van der Waals surface area contributed by atoms with Gasteiger partial charge in [-0.3, -0.25) is 0 Å². The van der Waals surface area contributed by atoms with E-state index in [2.05, 4.69) is 17.5 Å². The van der Waals surface area contributed by atoms with E-state index in [4.69, 9.17) is 0 Å². The molecule has 0 atom stereocenters. The minimum Gasteiger partial charge on any atom is -0.316 e. The van der Waals surface area contributed by atoms with E-state index in [-0.39, 0.29) is 0 Å². The Bertz CT molecular complexity index is 115. The summed E-state index contributed by atoms with van der Waals surface area (Å²) in [5.41, 5.74) is 0. The number of hydrogen-bond donors (Lipinski definition) is 1. The van der Waals surface area contributed by atoms with Crippen LogP contribution in [0.3, 0.4) is 0 Å². The molecule has 0 bridgehead atoms. The van der Waals surface area contributed by atoms with Crippen molar-refractivity contribution >= 4 is 0 Å². The molecule has 1 heterocycles. The van der Waals surface area contributed by atoms with E-state index in [0.717, 1.165) is 6.54 Å². The minimum atomic E-state index is 1.16. The Balaban J connectivity index is 2.09. The summed E-state index contributed by atoms with van der Waals surface area (Å²) in [5.74, 6) is 0. The molecular weight excluding hydrogens is 158 g/mol. The summed E-state index contributed by atoms with van der Waals surface area (Å²) in [6.45, 7) is 2.38. The van der Waals surface area contributed by atoms with Gasteiger partial charge in [-0.2, -0.15) is 0 Å². The molecule has 0 amide bonds. The average molecular weight is 181 g/mol. The highest BCUT2D eigenvalue weighted by Gasteiger charge is 1.92. The molecule has 1 heteroatoms. The summed E-state index contributed by atoms with van der Waals surface area (Å²) in [5, 5.41) is 3.47. The molecule has 0 saturated heterocycles. The van der Waals surface area contributed by atoms with Gasteiger partial charge in [0.2, 0.25) is 0 Å². The maximum absolute atomic E-state index is 3.47. The molecule has 0 aromatic rings. The van der Waals surface area contributed by atoms with Crippen molar-refractivity contribution in [2.24, 2.45) is 0 Å². The van der Waals surface area contributed by atoms with Crippen LogP contribution in [-0.4, -0.2) is 13.1 Å². The van der Waals surface area contributed by atoms with Gasteiger partial charge in [-0.1, -0.05) is 37.8 Å². The van der Waals surface area contributed by atoms with E-state index in [9.17, 15) is 0 Å². The maximum atomic E-state index is 3.47. The van der Waals surface area contributed by atoms with E-state index >= 15 is 0 Å². The molecule has 13 heavy (non-hydrogen) atoms. The summed E-state index contributed by atoms with van der Waals surface area (Å²) >= 11 is 0. The van der Waals surface area contributed by atoms with Crippen LogP contribution in [0.2, 0.25) is 0 Å². The fourth-order valence-corrected chi connectivity index (χ4v) is 1.77. The Morgan fingerprint density at radius 3 is 2.23 bits per heavy atom. The number of nitrogens with one attached hydrogen (secondary N) is 1.